The Labute approximate surface area is 107 Å². The third-order valence-corrected chi connectivity index (χ3v) is 2.97. The smallest absolute Gasteiger partial charge is 0.271 e. The Hall–Kier alpha value is -1.30. The summed E-state index contributed by atoms with van der Waals surface area (Å²) in [6, 6.07) is 4.16. The van der Waals surface area contributed by atoms with E-state index in [4.69, 9.17) is 33.1 Å². The molecule has 0 aliphatic carbocycles. The summed E-state index contributed by atoms with van der Waals surface area (Å²) in [6.07, 6.45) is 0. The van der Waals surface area contributed by atoms with Crippen molar-refractivity contribution < 1.29 is 14.7 Å². The van der Waals surface area contributed by atoms with Crippen LogP contribution in [0.2, 0.25) is 10.0 Å². The SMILES string of the molecule is O=C(NO)C1COC(c2ccc(Cl)c(Cl)c2)=N1. The van der Waals surface area contributed by atoms with Gasteiger partial charge in [0.1, 0.15) is 6.61 Å². The predicted octanol–water partition coefficient (Wildman–Crippen LogP) is 1.64. The number of rotatable bonds is 2. The van der Waals surface area contributed by atoms with E-state index in [1.807, 2.05) is 0 Å². The van der Waals surface area contributed by atoms with E-state index >= 15 is 0 Å². The van der Waals surface area contributed by atoms with Crippen molar-refractivity contribution in [3.05, 3.63) is 33.8 Å². The number of amides is 1. The summed E-state index contributed by atoms with van der Waals surface area (Å²) < 4.78 is 5.25. The molecule has 1 heterocycles. The van der Waals surface area contributed by atoms with Gasteiger partial charge in [0.25, 0.3) is 5.91 Å². The van der Waals surface area contributed by atoms with Gasteiger partial charge in [-0.15, -0.1) is 0 Å². The van der Waals surface area contributed by atoms with Crippen molar-refractivity contribution >= 4 is 35.0 Å². The zero-order valence-electron chi connectivity index (χ0n) is 8.48. The fourth-order valence-corrected chi connectivity index (χ4v) is 1.67. The van der Waals surface area contributed by atoms with Crippen molar-refractivity contribution in [3.8, 4) is 0 Å². The number of aliphatic imine (C=N–C) groups is 1. The van der Waals surface area contributed by atoms with Crippen LogP contribution in [0.3, 0.4) is 0 Å². The van der Waals surface area contributed by atoms with Gasteiger partial charge in [0.2, 0.25) is 5.90 Å². The van der Waals surface area contributed by atoms with Gasteiger partial charge in [-0.2, -0.15) is 0 Å². The number of hydrogen-bond donors (Lipinski definition) is 2. The lowest BCUT2D eigenvalue weighted by molar-refractivity contribution is -0.130. The van der Waals surface area contributed by atoms with Crippen LogP contribution >= 0.6 is 23.2 Å². The molecule has 5 nitrogen and oxygen atoms in total. The Kier molecular flexibility index (Phi) is 3.51. The predicted molar refractivity (Wildman–Crippen MR) is 62.7 cm³/mol. The van der Waals surface area contributed by atoms with Crippen LogP contribution in [0.25, 0.3) is 0 Å². The van der Waals surface area contributed by atoms with Crippen LogP contribution in [0.1, 0.15) is 5.56 Å². The second kappa shape index (κ2) is 4.91. The van der Waals surface area contributed by atoms with Crippen LogP contribution in [0.15, 0.2) is 23.2 Å². The highest BCUT2D eigenvalue weighted by Gasteiger charge is 2.26. The average molecular weight is 275 g/mol. The maximum atomic E-state index is 11.1. The van der Waals surface area contributed by atoms with Crippen LogP contribution in [0.5, 0.6) is 0 Å². The number of hydroxylamine groups is 1. The van der Waals surface area contributed by atoms with E-state index in [2.05, 4.69) is 4.99 Å². The number of nitrogens with zero attached hydrogens (tertiary/aromatic N) is 1. The van der Waals surface area contributed by atoms with Crippen molar-refractivity contribution in [1.82, 2.24) is 5.48 Å². The molecule has 7 heteroatoms. The normalized spacial score (nSPS) is 18.5. The molecule has 90 valence electrons. The van der Waals surface area contributed by atoms with E-state index in [0.29, 0.717) is 21.5 Å². The van der Waals surface area contributed by atoms with Crippen LogP contribution in [0.4, 0.5) is 0 Å². The van der Waals surface area contributed by atoms with Gasteiger partial charge in [-0.1, -0.05) is 23.2 Å². The second-order valence-corrected chi connectivity index (χ2v) is 4.18. The van der Waals surface area contributed by atoms with E-state index in [1.54, 1.807) is 18.2 Å². The molecule has 2 N–H and O–H groups in total. The fraction of sp³-hybridized carbons (Fsp3) is 0.200. The van der Waals surface area contributed by atoms with Crippen molar-refractivity contribution in [3.63, 3.8) is 0 Å². The molecule has 0 radical (unpaired) electrons. The third-order valence-electron chi connectivity index (χ3n) is 2.23. The Morgan fingerprint density at radius 1 is 1.47 bits per heavy atom. The molecular formula is C10H8Cl2N2O3. The van der Waals surface area contributed by atoms with Crippen molar-refractivity contribution in [2.24, 2.45) is 4.99 Å². The molecular weight excluding hydrogens is 267 g/mol. The zero-order valence-corrected chi connectivity index (χ0v) is 10.00. The summed E-state index contributed by atoms with van der Waals surface area (Å²) in [4.78, 5) is 15.1. The van der Waals surface area contributed by atoms with Gasteiger partial charge in [0, 0.05) is 5.56 Å². The average Bonchev–Trinajstić information content (AvgIpc) is 2.81. The number of benzene rings is 1. The van der Waals surface area contributed by atoms with Crippen LogP contribution < -0.4 is 5.48 Å². The van der Waals surface area contributed by atoms with Crippen LogP contribution in [-0.4, -0.2) is 29.7 Å². The lowest BCUT2D eigenvalue weighted by atomic mass is 10.2. The van der Waals surface area contributed by atoms with Crippen molar-refractivity contribution in [2.45, 2.75) is 6.04 Å². The van der Waals surface area contributed by atoms with E-state index in [9.17, 15) is 4.79 Å². The second-order valence-electron chi connectivity index (χ2n) is 3.37. The number of nitrogens with one attached hydrogen (secondary N) is 1. The summed E-state index contributed by atoms with van der Waals surface area (Å²) >= 11 is 11.6. The topological polar surface area (TPSA) is 70.9 Å². The molecule has 0 saturated heterocycles. The first-order valence-electron chi connectivity index (χ1n) is 4.72. The number of ether oxygens (including phenoxy) is 1. The molecule has 1 aliphatic heterocycles. The van der Waals surface area contributed by atoms with E-state index in [0.717, 1.165) is 0 Å². The fourth-order valence-electron chi connectivity index (χ4n) is 1.37. The molecule has 0 fully saturated rings. The van der Waals surface area contributed by atoms with E-state index < -0.39 is 11.9 Å². The van der Waals surface area contributed by atoms with E-state index in [-0.39, 0.29) is 6.61 Å². The molecule has 0 saturated carbocycles. The Morgan fingerprint density at radius 2 is 2.24 bits per heavy atom. The van der Waals surface area contributed by atoms with Gasteiger partial charge in [-0.05, 0) is 18.2 Å². The first-order chi connectivity index (χ1) is 8.11. The lowest BCUT2D eigenvalue weighted by Crippen LogP contribution is -2.31. The quantitative estimate of drug-likeness (QED) is 0.636. The standard InChI is InChI=1S/C10H8Cl2N2O3/c11-6-2-1-5(3-7(6)12)10-13-8(4-17-10)9(15)14-16/h1-3,8,16H,4H2,(H,14,15). The molecule has 1 aliphatic rings. The lowest BCUT2D eigenvalue weighted by Gasteiger charge is -2.02. The third kappa shape index (κ3) is 2.52. The molecule has 0 aromatic heterocycles. The number of halogens is 2. The van der Waals surface area contributed by atoms with Gasteiger partial charge in [0.05, 0.1) is 10.0 Å². The molecule has 0 bridgehead atoms. The van der Waals surface area contributed by atoms with Crippen LogP contribution in [-0.2, 0) is 9.53 Å². The summed E-state index contributed by atoms with van der Waals surface area (Å²) in [6.45, 7) is 0.0853. The highest BCUT2D eigenvalue weighted by molar-refractivity contribution is 6.42. The Morgan fingerprint density at radius 3 is 2.88 bits per heavy atom. The first kappa shape index (κ1) is 12.2. The molecule has 1 aromatic rings. The molecule has 17 heavy (non-hydrogen) atoms. The van der Waals surface area contributed by atoms with Gasteiger partial charge < -0.3 is 4.74 Å². The van der Waals surface area contributed by atoms with Crippen molar-refractivity contribution in [2.75, 3.05) is 6.61 Å². The zero-order chi connectivity index (χ0) is 12.4. The van der Waals surface area contributed by atoms with Gasteiger partial charge >= 0.3 is 0 Å². The van der Waals surface area contributed by atoms with E-state index in [1.165, 1.54) is 5.48 Å². The van der Waals surface area contributed by atoms with Gasteiger partial charge in [-0.3, -0.25) is 10.0 Å². The highest BCUT2D eigenvalue weighted by atomic mass is 35.5. The van der Waals surface area contributed by atoms with Gasteiger partial charge in [-0.25, -0.2) is 10.5 Å². The maximum absolute atomic E-state index is 11.1. The summed E-state index contributed by atoms with van der Waals surface area (Å²) in [5, 5.41) is 9.28. The summed E-state index contributed by atoms with van der Waals surface area (Å²) in [5.74, 6) is -0.308. The molecule has 1 unspecified atom stereocenters. The number of carbonyl (C=O) groups excluding carboxylic acids is 1. The number of hydrogen-bond acceptors (Lipinski definition) is 4. The summed E-state index contributed by atoms with van der Waals surface area (Å²) in [5.41, 5.74) is 2.16. The largest absolute Gasteiger partial charge is 0.475 e. The molecule has 0 spiro atoms. The first-order valence-corrected chi connectivity index (χ1v) is 5.47. The molecule has 1 amide bonds. The number of carbonyl (C=O) groups is 1. The van der Waals surface area contributed by atoms with Crippen molar-refractivity contribution in [1.29, 1.82) is 0 Å². The highest BCUT2D eigenvalue weighted by Crippen LogP contribution is 2.24. The summed E-state index contributed by atoms with van der Waals surface area (Å²) in [7, 11) is 0. The Bertz CT molecular complexity index is 490. The monoisotopic (exact) mass is 274 g/mol. The Balaban J connectivity index is 2.24. The molecule has 2 rings (SSSR count). The molecule has 1 aromatic carbocycles. The molecule has 1 atom stereocenters. The van der Waals surface area contributed by atoms with Gasteiger partial charge in [0.15, 0.2) is 6.04 Å². The van der Waals surface area contributed by atoms with Crippen LogP contribution in [0, 0.1) is 0 Å². The minimum atomic E-state index is -0.746. The maximum Gasteiger partial charge on any atom is 0.271 e. The minimum absolute atomic E-state index is 0.0853. The minimum Gasteiger partial charge on any atom is -0.475 e.